The Balaban J connectivity index is 3.13. The van der Waals surface area contributed by atoms with Crippen LogP contribution in [0.2, 0.25) is 5.02 Å². The zero-order valence-electron chi connectivity index (χ0n) is 6.83. The van der Waals surface area contributed by atoms with Crippen LogP contribution in [-0.2, 0) is 0 Å². The molecule has 0 heterocycles. The molecule has 0 fully saturated rings. The maximum Gasteiger partial charge on any atom is 0.270 e. The summed E-state index contributed by atoms with van der Waals surface area (Å²) in [7, 11) is 0. The van der Waals surface area contributed by atoms with Gasteiger partial charge in [-0.25, -0.2) is 0 Å². The maximum atomic E-state index is 10.4. The summed E-state index contributed by atoms with van der Waals surface area (Å²) >= 11 is 9.17. The van der Waals surface area contributed by atoms with Gasteiger partial charge in [0.05, 0.1) is 9.95 Å². The van der Waals surface area contributed by atoms with Crippen molar-refractivity contribution in [3.05, 3.63) is 38.9 Å². The normalized spacial score (nSPS) is 12.5. The van der Waals surface area contributed by atoms with Gasteiger partial charge in [-0.2, -0.15) is 0 Å². The Morgan fingerprint density at radius 2 is 2.23 bits per heavy atom. The highest BCUT2D eigenvalue weighted by molar-refractivity contribution is 9.09. The predicted molar refractivity (Wildman–Crippen MR) is 55.4 cm³/mol. The van der Waals surface area contributed by atoms with Gasteiger partial charge in [0, 0.05) is 17.0 Å². The minimum Gasteiger partial charge on any atom is -0.258 e. The number of halogens is 2. The second-order valence-electron chi connectivity index (χ2n) is 2.58. The molecule has 0 amide bonds. The first-order chi connectivity index (χ1) is 6.02. The van der Waals surface area contributed by atoms with Crippen LogP contribution in [0.5, 0.6) is 0 Å². The monoisotopic (exact) mass is 263 g/mol. The Bertz CT molecular complexity index is 341. The first kappa shape index (κ1) is 10.5. The summed E-state index contributed by atoms with van der Waals surface area (Å²) in [6, 6.07) is 4.45. The highest BCUT2D eigenvalue weighted by Gasteiger charge is 2.11. The predicted octanol–water partition coefficient (Wildman–Crippen LogP) is 3.70. The number of nitro groups is 1. The van der Waals surface area contributed by atoms with Crippen LogP contribution in [0.25, 0.3) is 0 Å². The summed E-state index contributed by atoms with van der Waals surface area (Å²) in [6.45, 7) is 1.91. The van der Waals surface area contributed by atoms with Crippen molar-refractivity contribution >= 4 is 33.2 Å². The highest BCUT2D eigenvalue weighted by atomic mass is 79.9. The molecular formula is C8H7BrClNO2. The van der Waals surface area contributed by atoms with Gasteiger partial charge in [-0.05, 0) is 18.6 Å². The number of rotatable bonds is 2. The Morgan fingerprint density at radius 1 is 1.62 bits per heavy atom. The van der Waals surface area contributed by atoms with Crippen LogP contribution in [0.4, 0.5) is 5.69 Å². The summed E-state index contributed by atoms with van der Waals surface area (Å²) in [5, 5.41) is 10.8. The van der Waals surface area contributed by atoms with E-state index in [4.69, 9.17) is 11.6 Å². The van der Waals surface area contributed by atoms with Crippen molar-refractivity contribution in [2.24, 2.45) is 0 Å². The number of hydrogen-bond acceptors (Lipinski definition) is 2. The van der Waals surface area contributed by atoms with E-state index < -0.39 is 4.92 Å². The summed E-state index contributed by atoms with van der Waals surface area (Å²) in [4.78, 5) is 10.0. The second-order valence-corrected chi connectivity index (χ2v) is 4.36. The minimum absolute atomic E-state index is 0.0156. The van der Waals surface area contributed by atoms with Crippen molar-refractivity contribution in [2.75, 3.05) is 0 Å². The van der Waals surface area contributed by atoms with Gasteiger partial charge in [0.15, 0.2) is 0 Å². The Morgan fingerprint density at radius 3 is 2.62 bits per heavy atom. The van der Waals surface area contributed by atoms with E-state index in [2.05, 4.69) is 15.9 Å². The molecule has 0 N–H and O–H groups in total. The van der Waals surface area contributed by atoms with Crippen LogP contribution < -0.4 is 0 Å². The molecule has 0 aliphatic carbocycles. The third-order valence-electron chi connectivity index (χ3n) is 1.62. The van der Waals surface area contributed by atoms with E-state index in [1.807, 2.05) is 6.92 Å². The minimum atomic E-state index is -0.464. The van der Waals surface area contributed by atoms with E-state index in [1.165, 1.54) is 12.1 Å². The maximum absolute atomic E-state index is 10.4. The Labute approximate surface area is 89.0 Å². The zero-order chi connectivity index (χ0) is 10.0. The van der Waals surface area contributed by atoms with Gasteiger partial charge in [-0.3, -0.25) is 10.1 Å². The lowest BCUT2D eigenvalue weighted by atomic mass is 10.1. The van der Waals surface area contributed by atoms with E-state index in [-0.39, 0.29) is 10.5 Å². The topological polar surface area (TPSA) is 43.1 Å². The molecule has 1 atom stereocenters. The van der Waals surface area contributed by atoms with Crippen LogP contribution in [0.1, 0.15) is 17.3 Å². The molecule has 70 valence electrons. The number of hydrogen-bond donors (Lipinski definition) is 0. The van der Waals surface area contributed by atoms with Crippen LogP contribution in [0, 0.1) is 10.1 Å². The molecular weight excluding hydrogens is 257 g/mol. The molecule has 0 saturated heterocycles. The van der Waals surface area contributed by atoms with E-state index >= 15 is 0 Å². The van der Waals surface area contributed by atoms with Crippen molar-refractivity contribution in [3.8, 4) is 0 Å². The van der Waals surface area contributed by atoms with Crippen molar-refractivity contribution in [1.29, 1.82) is 0 Å². The van der Waals surface area contributed by atoms with Crippen molar-refractivity contribution in [3.63, 3.8) is 0 Å². The SMILES string of the molecule is CC(Br)c1ccc([N+](=O)[O-])cc1Cl. The van der Waals surface area contributed by atoms with E-state index in [9.17, 15) is 10.1 Å². The molecule has 1 unspecified atom stereocenters. The van der Waals surface area contributed by atoms with Crippen molar-refractivity contribution in [1.82, 2.24) is 0 Å². The molecule has 1 aromatic carbocycles. The lowest BCUT2D eigenvalue weighted by Crippen LogP contribution is -1.90. The molecule has 0 bridgehead atoms. The molecule has 1 rings (SSSR count). The number of alkyl halides is 1. The number of benzene rings is 1. The number of nitro benzene ring substituents is 1. The summed E-state index contributed by atoms with van der Waals surface area (Å²) in [5.41, 5.74) is 0.870. The fraction of sp³-hybridized carbons (Fsp3) is 0.250. The van der Waals surface area contributed by atoms with Crippen molar-refractivity contribution < 1.29 is 4.92 Å². The Hall–Kier alpha value is -0.610. The quantitative estimate of drug-likeness (QED) is 0.464. The van der Waals surface area contributed by atoms with Crippen LogP contribution in [0.3, 0.4) is 0 Å². The molecule has 0 spiro atoms. The molecule has 5 heteroatoms. The van der Waals surface area contributed by atoms with Crippen molar-refractivity contribution in [2.45, 2.75) is 11.8 Å². The second kappa shape index (κ2) is 4.07. The molecule has 0 aromatic heterocycles. The standard InChI is InChI=1S/C8H7BrClNO2/c1-5(9)7-3-2-6(11(12)13)4-8(7)10/h2-5H,1H3. The van der Waals surface area contributed by atoms with Crippen LogP contribution in [0.15, 0.2) is 18.2 Å². The lowest BCUT2D eigenvalue weighted by molar-refractivity contribution is -0.384. The van der Waals surface area contributed by atoms with Gasteiger partial charge in [0.25, 0.3) is 5.69 Å². The lowest BCUT2D eigenvalue weighted by Gasteiger charge is -2.05. The van der Waals surface area contributed by atoms with E-state index in [0.29, 0.717) is 5.02 Å². The largest absolute Gasteiger partial charge is 0.270 e. The fourth-order valence-corrected chi connectivity index (χ4v) is 1.82. The molecule has 1 aromatic rings. The van der Waals surface area contributed by atoms with E-state index in [1.54, 1.807) is 6.07 Å². The summed E-state index contributed by atoms with van der Waals surface area (Å²) in [6.07, 6.45) is 0. The molecule has 0 radical (unpaired) electrons. The van der Waals surface area contributed by atoms with Gasteiger partial charge < -0.3 is 0 Å². The third-order valence-corrected chi connectivity index (χ3v) is 2.44. The van der Waals surface area contributed by atoms with E-state index in [0.717, 1.165) is 5.56 Å². The smallest absolute Gasteiger partial charge is 0.258 e. The highest BCUT2D eigenvalue weighted by Crippen LogP contribution is 2.31. The zero-order valence-corrected chi connectivity index (χ0v) is 9.17. The van der Waals surface area contributed by atoms with Crippen LogP contribution in [-0.4, -0.2) is 4.92 Å². The first-order valence-corrected chi connectivity index (χ1v) is 4.89. The van der Waals surface area contributed by atoms with Gasteiger partial charge >= 0.3 is 0 Å². The van der Waals surface area contributed by atoms with Gasteiger partial charge in [-0.15, -0.1) is 0 Å². The fourth-order valence-electron chi connectivity index (χ4n) is 0.952. The average Bonchev–Trinajstić information content (AvgIpc) is 2.03. The summed E-state index contributed by atoms with van der Waals surface area (Å²) in [5.74, 6) is 0. The first-order valence-electron chi connectivity index (χ1n) is 3.60. The Kier molecular flexibility index (Phi) is 3.27. The number of nitrogens with zero attached hydrogens (tertiary/aromatic N) is 1. The van der Waals surface area contributed by atoms with Crippen LogP contribution >= 0.6 is 27.5 Å². The van der Waals surface area contributed by atoms with Gasteiger partial charge in [0.1, 0.15) is 0 Å². The van der Waals surface area contributed by atoms with Gasteiger partial charge in [-0.1, -0.05) is 27.5 Å². The third kappa shape index (κ3) is 2.42. The molecule has 13 heavy (non-hydrogen) atoms. The molecule has 3 nitrogen and oxygen atoms in total. The molecule has 0 saturated carbocycles. The average molecular weight is 265 g/mol. The molecule has 0 aliphatic rings. The number of non-ortho nitro benzene ring substituents is 1. The van der Waals surface area contributed by atoms with Gasteiger partial charge in [0.2, 0.25) is 0 Å². The molecule has 0 aliphatic heterocycles. The summed E-state index contributed by atoms with van der Waals surface area (Å²) < 4.78 is 0.